The number of nitrogens with one attached hydrogen (secondary N) is 2. The molecule has 4 aromatic rings. The molecule has 0 aromatic carbocycles. The molecule has 0 radical (unpaired) electrons. The molecule has 0 bridgehead atoms. The number of nitrogens with zero attached hydrogens (tertiary/aromatic N) is 4. The summed E-state index contributed by atoms with van der Waals surface area (Å²) in [6.45, 7) is 2.45. The van der Waals surface area contributed by atoms with Crippen molar-refractivity contribution < 1.29 is 4.79 Å². The van der Waals surface area contributed by atoms with Gasteiger partial charge in [0.05, 0.1) is 22.0 Å². The summed E-state index contributed by atoms with van der Waals surface area (Å²) in [7, 11) is 0. The summed E-state index contributed by atoms with van der Waals surface area (Å²) in [5.74, 6) is -0.281. The number of aromatic nitrogens is 5. The molecule has 0 aliphatic carbocycles. The van der Waals surface area contributed by atoms with Crippen molar-refractivity contribution in [2.24, 2.45) is 0 Å². The number of hydrogen-bond donors (Lipinski definition) is 2. The van der Waals surface area contributed by atoms with Gasteiger partial charge in [-0.3, -0.25) is 19.4 Å². The minimum atomic E-state index is -0.566. The summed E-state index contributed by atoms with van der Waals surface area (Å²) in [5.41, 5.74) is 0.164. The van der Waals surface area contributed by atoms with Gasteiger partial charge in [-0.15, -0.1) is 22.7 Å². The molecule has 12 heteroatoms. The molecule has 4 heterocycles. The topological polar surface area (TPSA) is 132 Å². The molecule has 2 N–H and O–H groups in total. The number of thiophene rings is 1. The van der Waals surface area contributed by atoms with Crippen LogP contribution >= 0.6 is 22.7 Å². The van der Waals surface area contributed by atoms with Crippen LogP contribution in [-0.2, 0) is 17.9 Å². The second kappa shape index (κ2) is 9.88. The monoisotopic (exact) mass is 484 g/mol. The molecule has 0 aliphatic rings. The standard InChI is InChI=1S/C21H20N6O4S2/c1-13-19(33-20(23-13)15-3-2-12-32-15)14-4-5-18(30)27(25-14)11-8-22-16(28)6-9-26-10-7-17(29)24-21(26)31/h2-5,7,10,12H,6,8-9,11H2,1H3,(H,22,28)(H,24,29,31). The lowest BCUT2D eigenvalue weighted by Crippen LogP contribution is -2.34. The lowest BCUT2D eigenvalue weighted by Gasteiger charge is -2.09. The molecule has 1 amide bonds. The largest absolute Gasteiger partial charge is 0.354 e. The molecule has 0 unspecified atom stereocenters. The number of rotatable bonds is 8. The Morgan fingerprint density at radius 2 is 2.00 bits per heavy atom. The molecular weight excluding hydrogens is 464 g/mol. The Labute approximate surface area is 195 Å². The van der Waals surface area contributed by atoms with Crippen molar-refractivity contribution in [1.82, 2.24) is 29.6 Å². The molecule has 170 valence electrons. The smallest absolute Gasteiger partial charge is 0.328 e. The minimum absolute atomic E-state index is 0.0554. The number of H-pyrrole nitrogens is 1. The van der Waals surface area contributed by atoms with Crippen molar-refractivity contribution in [3.05, 3.63) is 78.8 Å². The Bertz CT molecular complexity index is 1450. The zero-order valence-corrected chi connectivity index (χ0v) is 19.2. The molecule has 4 rings (SSSR count). The van der Waals surface area contributed by atoms with E-state index in [-0.39, 0.29) is 37.5 Å². The predicted molar refractivity (Wildman–Crippen MR) is 127 cm³/mol. The van der Waals surface area contributed by atoms with Crippen molar-refractivity contribution in [2.45, 2.75) is 26.4 Å². The van der Waals surface area contributed by atoms with E-state index in [4.69, 9.17) is 0 Å². The summed E-state index contributed by atoms with van der Waals surface area (Å²) in [4.78, 5) is 55.8. The van der Waals surface area contributed by atoms with Crippen LogP contribution in [0, 0.1) is 6.92 Å². The zero-order valence-electron chi connectivity index (χ0n) is 17.6. The zero-order chi connectivity index (χ0) is 23.4. The highest BCUT2D eigenvalue weighted by atomic mass is 32.1. The Morgan fingerprint density at radius 1 is 1.15 bits per heavy atom. The van der Waals surface area contributed by atoms with E-state index in [1.807, 2.05) is 24.4 Å². The molecule has 0 saturated heterocycles. The molecule has 0 fully saturated rings. The third kappa shape index (κ3) is 5.41. The number of aryl methyl sites for hydroxylation is 2. The SMILES string of the molecule is Cc1nc(-c2cccs2)sc1-c1ccc(=O)n(CCNC(=O)CCn2ccc(=O)[nH]c2=O)n1. The third-order valence-electron chi connectivity index (χ3n) is 4.75. The van der Waals surface area contributed by atoms with Gasteiger partial charge in [0.2, 0.25) is 5.91 Å². The summed E-state index contributed by atoms with van der Waals surface area (Å²) in [5, 5.41) is 10.1. The lowest BCUT2D eigenvalue weighted by atomic mass is 10.3. The Morgan fingerprint density at radius 3 is 2.76 bits per heavy atom. The van der Waals surface area contributed by atoms with Gasteiger partial charge >= 0.3 is 5.69 Å². The summed E-state index contributed by atoms with van der Waals surface area (Å²) in [6.07, 6.45) is 1.40. The van der Waals surface area contributed by atoms with Gasteiger partial charge < -0.3 is 9.88 Å². The van der Waals surface area contributed by atoms with Crippen LogP contribution in [0.15, 0.2) is 56.3 Å². The highest BCUT2D eigenvalue weighted by molar-refractivity contribution is 7.23. The van der Waals surface area contributed by atoms with Crippen molar-refractivity contribution in [3.8, 4) is 20.5 Å². The van der Waals surface area contributed by atoms with Gasteiger partial charge in [0, 0.05) is 37.8 Å². The van der Waals surface area contributed by atoms with E-state index in [0.29, 0.717) is 5.69 Å². The van der Waals surface area contributed by atoms with Crippen LogP contribution in [0.1, 0.15) is 12.1 Å². The van der Waals surface area contributed by atoms with Crippen molar-refractivity contribution in [3.63, 3.8) is 0 Å². The van der Waals surface area contributed by atoms with Crippen LogP contribution in [0.25, 0.3) is 20.5 Å². The van der Waals surface area contributed by atoms with Gasteiger partial charge in [-0.25, -0.2) is 14.5 Å². The van der Waals surface area contributed by atoms with Gasteiger partial charge in [-0.05, 0) is 24.4 Å². The molecule has 0 aliphatic heterocycles. The molecule has 0 spiro atoms. The first kappa shape index (κ1) is 22.6. The first-order valence-electron chi connectivity index (χ1n) is 10.1. The third-order valence-corrected chi connectivity index (χ3v) is 6.97. The number of aromatic amines is 1. The van der Waals surface area contributed by atoms with Crippen LogP contribution in [0.3, 0.4) is 0 Å². The van der Waals surface area contributed by atoms with Gasteiger partial charge in [0.25, 0.3) is 11.1 Å². The molecule has 10 nitrogen and oxygen atoms in total. The molecule has 0 atom stereocenters. The predicted octanol–water partition coefficient (Wildman–Crippen LogP) is 1.46. The van der Waals surface area contributed by atoms with E-state index < -0.39 is 11.2 Å². The second-order valence-electron chi connectivity index (χ2n) is 7.09. The first-order chi connectivity index (χ1) is 15.9. The average molecular weight is 485 g/mol. The minimum Gasteiger partial charge on any atom is -0.354 e. The fourth-order valence-electron chi connectivity index (χ4n) is 3.10. The number of carbonyl (C=O) groups is 1. The maximum atomic E-state index is 12.2. The van der Waals surface area contributed by atoms with Gasteiger partial charge in [-0.1, -0.05) is 6.07 Å². The van der Waals surface area contributed by atoms with Crippen LogP contribution in [-0.4, -0.2) is 36.8 Å². The molecule has 4 aromatic heterocycles. The highest BCUT2D eigenvalue weighted by Gasteiger charge is 2.14. The van der Waals surface area contributed by atoms with E-state index in [9.17, 15) is 19.2 Å². The van der Waals surface area contributed by atoms with E-state index in [1.54, 1.807) is 17.4 Å². The Kier molecular flexibility index (Phi) is 6.75. The van der Waals surface area contributed by atoms with Crippen molar-refractivity contribution >= 4 is 28.6 Å². The second-order valence-corrected chi connectivity index (χ2v) is 9.04. The normalized spacial score (nSPS) is 10.9. The number of carbonyl (C=O) groups excluding carboxylic acids is 1. The number of hydrogen-bond acceptors (Lipinski definition) is 8. The fourth-order valence-corrected chi connectivity index (χ4v) is 4.93. The molecular formula is C21H20N6O4S2. The lowest BCUT2D eigenvalue weighted by molar-refractivity contribution is -0.121. The summed E-state index contributed by atoms with van der Waals surface area (Å²) < 4.78 is 2.56. The number of amides is 1. The highest BCUT2D eigenvalue weighted by Crippen LogP contribution is 2.35. The molecule has 33 heavy (non-hydrogen) atoms. The summed E-state index contributed by atoms with van der Waals surface area (Å²) in [6, 6.07) is 8.34. The van der Waals surface area contributed by atoms with Crippen LogP contribution < -0.4 is 22.1 Å². The van der Waals surface area contributed by atoms with Crippen LogP contribution in [0.4, 0.5) is 0 Å². The maximum absolute atomic E-state index is 12.2. The van der Waals surface area contributed by atoms with E-state index in [0.717, 1.165) is 20.5 Å². The van der Waals surface area contributed by atoms with Gasteiger partial charge in [-0.2, -0.15) is 5.10 Å². The van der Waals surface area contributed by atoms with Crippen molar-refractivity contribution in [1.29, 1.82) is 0 Å². The molecule has 0 saturated carbocycles. The summed E-state index contributed by atoms with van der Waals surface area (Å²) >= 11 is 3.14. The Balaban J connectivity index is 1.38. The average Bonchev–Trinajstić information content (AvgIpc) is 3.44. The quantitative estimate of drug-likeness (QED) is 0.389. The van der Waals surface area contributed by atoms with Crippen LogP contribution in [0.5, 0.6) is 0 Å². The Hall–Kier alpha value is -3.64. The van der Waals surface area contributed by atoms with Gasteiger partial charge in [0.1, 0.15) is 10.7 Å². The van der Waals surface area contributed by atoms with Crippen molar-refractivity contribution in [2.75, 3.05) is 6.54 Å². The van der Waals surface area contributed by atoms with E-state index in [2.05, 4.69) is 20.4 Å². The number of thiazole rings is 1. The van der Waals surface area contributed by atoms with Crippen LogP contribution in [0.2, 0.25) is 0 Å². The van der Waals surface area contributed by atoms with E-state index >= 15 is 0 Å². The van der Waals surface area contributed by atoms with Gasteiger partial charge in [0.15, 0.2) is 0 Å². The first-order valence-corrected chi connectivity index (χ1v) is 11.8. The maximum Gasteiger partial charge on any atom is 0.328 e. The fraction of sp³-hybridized carbons (Fsp3) is 0.238. The van der Waals surface area contributed by atoms with E-state index in [1.165, 1.54) is 38.9 Å².